The highest BCUT2D eigenvalue weighted by atomic mass is 32.2. The first-order chi connectivity index (χ1) is 11.8. The molecule has 0 aliphatic carbocycles. The zero-order valence-corrected chi connectivity index (χ0v) is 14.9. The van der Waals surface area contributed by atoms with Crippen molar-refractivity contribution in [3.05, 3.63) is 54.1 Å². The van der Waals surface area contributed by atoms with Gasteiger partial charge in [0.25, 0.3) is 0 Å². The molecule has 0 aliphatic heterocycles. The van der Waals surface area contributed by atoms with Crippen molar-refractivity contribution in [3.63, 3.8) is 0 Å². The molecule has 0 heterocycles. The Hall–Kier alpha value is -2.14. The van der Waals surface area contributed by atoms with E-state index in [1.54, 1.807) is 19.1 Å². The molecule has 2 rings (SSSR count). The molecule has 0 spiro atoms. The van der Waals surface area contributed by atoms with Crippen molar-refractivity contribution in [1.29, 1.82) is 0 Å². The van der Waals surface area contributed by atoms with Gasteiger partial charge in [0.05, 0.1) is 14.2 Å². The summed E-state index contributed by atoms with van der Waals surface area (Å²) in [7, 11) is 3.22. The maximum absolute atomic E-state index is 11.3. The molecular formula is C19H23NO3S. The van der Waals surface area contributed by atoms with E-state index in [4.69, 9.17) is 9.47 Å². The van der Waals surface area contributed by atoms with Crippen molar-refractivity contribution in [2.24, 2.45) is 0 Å². The first-order valence-electron chi connectivity index (χ1n) is 7.85. The van der Waals surface area contributed by atoms with Gasteiger partial charge in [-0.1, -0.05) is 24.3 Å². The molecule has 0 aliphatic rings. The van der Waals surface area contributed by atoms with E-state index in [0.717, 1.165) is 30.7 Å². The van der Waals surface area contributed by atoms with Gasteiger partial charge in [-0.25, -0.2) is 0 Å². The summed E-state index contributed by atoms with van der Waals surface area (Å²) in [5.74, 6) is 2.36. The Balaban J connectivity index is 1.82. The Morgan fingerprint density at radius 3 is 2.46 bits per heavy atom. The van der Waals surface area contributed by atoms with Gasteiger partial charge in [-0.3, -0.25) is 4.79 Å². The summed E-state index contributed by atoms with van der Waals surface area (Å²) in [6.45, 7) is 1.30. The summed E-state index contributed by atoms with van der Waals surface area (Å²) in [5, 5.41) is 0. The molecule has 0 fully saturated rings. The second-order valence-corrected chi connectivity index (χ2v) is 6.45. The zero-order valence-electron chi connectivity index (χ0n) is 14.1. The van der Waals surface area contributed by atoms with E-state index in [-0.39, 0.29) is 0 Å². The minimum absolute atomic E-state index is 0.569. The third kappa shape index (κ3) is 5.49. The van der Waals surface area contributed by atoms with E-state index in [1.807, 2.05) is 48.2 Å². The highest BCUT2D eigenvalue weighted by Crippen LogP contribution is 2.28. The van der Waals surface area contributed by atoms with Crippen molar-refractivity contribution in [3.8, 4) is 11.5 Å². The molecule has 0 bridgehead atoms. The maximum Gasteiger partial charge on any atom is 0.210 e. The van der Waals surface area contributed by atoms with Crippen LogP contribution >= 0.6 is 11.8 Å². The molecule has 0 atom stereocenters. The van der Waals surface area contributed by atoms with Crippen LogP contribution in [-0.4, -0.2) is 37.8 Å². The predicted molar refractivity (Wildman–Crippen MR) is 97.8 cm³/mol. The van der Waals surface area contributed by atoms with Crippen molar-refractivity contribution in [2.75, 3.05) is 26.5 Å². The van der Waals surface area contributed by atoms with Crippen LogP contribution in [0.3, 0.4) is 0 Å². The van der Waals surface area contributed by atoms with E-state index in [1.165, 1.54) is 4.90 Å². The smallest absolute Gasteiger partial charge is 0.210 e. The van der Waals surface area contributed by atoms with Crippen LogP contribution in [0.4, 0.5) is 0 Å². The molecule has 0 unspecified atom stereocenters. The van der Waals surface area contributed by atoms with E-state index in [2.05, 4.69) is 12.1 Å². The van der Waals surface area contributed by atoms with Crippen molar-refractivity contribution in [2.45, 2.75) is 17.9 Å². The fourth-order valence-corrected chi connectivity index (χ4v) is 3.22. The van der Waals surface area contributed by atoms with Gasteiger partial charge >= 0.3 is 0 Å². The molecule has 0 saturated heterocycles. The first-order valence-corrected chi connectivity index (χ1v) is 8.83. The minimum Gasteiger partial charge on any atom is -0.493 e. The van der Waals surface area contributed by atoms with Crippen LogP contribution in [0.2, 0.25) is 0 Å². The predicted octanol–water partition coefficient (Wildman–Crippen LogP) is 3.84. The Morgan fingerprint density at radius 1 is 1.04 bits per heavy atom. The monoisotopic (exact) mass is 345 g/mol. The van der Waals surface area contributed by atoms with Crippen LogP contribution in [0.5, 0.6) is 11.5 Å². The summed E-state index contributed by atoms with van der Waals surface area (Å²) in [6.07, 6.45) is 1.86. The van der Waals surface area contributed by atoms with Gasteiger partial charge in [0.2, 0.25) is 6.41 Å². The van der Waals surface area contributed by atoms with Crippen LogP contribution in [-0.2, 0) is 11.3 Å². The molecule has 5 heteroatoms. The van der Waals surface area contributed by atoms with Gasteiger partial charge in [0.15, 0.2) is 11.5 Å². The SMILES string of the molecule is COc1ccc(CN(C=O)CCCSc2ccccc2)cc1OC. The largest absolute Gasteiger partial charge is 0.493 e. The van der Waals surface area contributed by atoms with Gasteiger partial charge in [-0.2, -0.15) is 0 Å². The number of hydrogen-bond donors (Lipinski definition) is 0. The Morgan fingerprint density at radius 2 is 1.79 bits per heavy atom. The Labute approximate surface area is 147 Å². The quantitative estimate of drug-likeness (QED) is 0.372. The molecule has 0 saturated carbocycles. The van der Waals surface area contributed by atoms with Crippen LogP contribution in [0.15, 0.2) is 53.4 Å². The topological polar surface area (TPSA) is 38.8 Å². The summed E-state index contributed by atoms with van der Waals surface area (Å²) in [5.41, 5.74) is 1.02. The lowest BCUT2D eigenvalue weighted by molar-refractivity contribution is -0.118. The fraction of sp³-hybridized carbons (Fsp3) is 0.316. The molecule has 2 aromatic rings. The third-order valence-electron chi connectivity index (χ3n) is 3.58. The van der Waals surface area contributed by atoms with Crippen LogP contribution in [0, 0.1) is 0 Å². The van der Waals surface area contributed by atoms with Gasteiger partial charge in [0.1, 0.15) is 0 Å². The maximum atomic E-state index is 11.3. The van der Waals surface area contributed by atoms with Crippen LogP contribution < -0.4 is 9.47 Å². The molecule has 1 amide bonds. The highest BCUT2D eigenvalue weighted by Gasteiger charge is 2.08. The lowest BCUT2D eigenvalue weighted by Gasteiger charge is -2.18. The third-order valence-corrected chi connectivity index (χ3v) is 4.68. The molecule has 0 radical (unpaired) electrons. The summed E-state index contributed by atoms with van der Waals surface area (Å²) in [4.78, 5) is 14.4. The lowest BCUT2D eigenvalue weighted by Crippen LogP contribution is -2.23. The summed E-state index contributed by atoms with van der Waals surface area (Å²) < 4.78 is 10.5. The number of rotatable bonds is 10. The number of hydrogen-bond acceptors (Lipinski definition) is 4. The standard InChI is InChI=1S/C19H23NO3S/c1-22-18-10-9-16(13-19(18)23-2)14-20(15-21)11-6-12-24-17-7-4-3-5-8-17/h3-5,7-10,13,15H,6,11-12,14H2,1-2H3. The van der Waals surface area contributed by atoms with Gasteiger partial charge in [-0.15, -0.1) is 11.8 Å². The number of nitrogens with zero attached hydrogens (tertiary/aromatic N) is 1. The molecule has 0 N–H and O–H groups in total. The molecule has 4 nitrogen and oxygen atoms in total. The Kier molecular flexibility index (Phi) is 7.49. The average Bonchev–Trinajstić information content (AvgIpc) is 2.64. The normalized spacial score (nSPS) is 10.2. The molecular weight excluding hydrogens is 322 g/mol. The van der Waals surface area contributed by atoms with Crippen molar-refractivity contribution in [1.82, 2.24) is 4.90 Å². The minimum atomic E-state index is 0.569. The van der Waals surface area contributed by atoms with Gasteiger partial charge in [-0.05, 0) is 42.0 Å². The van der Waals surface area contributed by atoms with E-state index < -0.39 is 0 Å². The van der Waals surface area contributed by atoms with Crippen LogP contribution in [0.25, 0.3) is 0 Å². The number of amides is 1. The summed E-state index contributed by atoms with van der Waals surface area (Å²) in [6, 6.07) is 16.0. The van der Waals surface area contributed by atoms with Crippen molar-refractivity contribution < 1.29 is 14.3 Å². The number of carbonyl (C=O) groups is 1. The molecule has 24 heavy (non-hydrogen) atoms. The first kappa shape index (κ1) is 18.2. The van der Waals surface area contributed by atoms with Gasteiger partial charge in [0, 0.05) is 18.0 Å². The lowest BCUT2D eigenvalue weighted by atomic mass is 10.2. The van der Waals surface area contributed by atoms with Crippen molar-refractivity contribution >= 4 is 18.2 Å². The second kappa shape index (κ2) is 9.88. The molecule has 2 aromatic carbocycles. The second-order valence-electron chi connectivity index (χ2n) is 5.28. The highest BCUT2D eigenvalue weighted by molar-refractivity contribution is 7.99. The average molecular weight is 345 g/mol. The number of thioether (sulfide) groups is 1. The van der Waals surface area contributed by atoms with E-state index in [0.29, 0.717) is 18.0 Å². The van der Waals surface area contributed by atoms with E-state index >= 15 is 0 Å². The summed E-state index contributed by atoms with van der Waals surface area (Å²) >= 11 is 1.81. The fourth-order valence-electron chi connectivity index (χ4n) is 2.36. The number of benzene rings is 2. The van der Waals surface area contributed by atoms with Crippen LogP contribution in [0.1, 0.15) is 12.0 Å². The number of carbonyl (C=O) groups excluding carboxylic acids is 1. The Bertz CT molecular complexity index is 634. The number of methoxy groups -OCH3 is 2. The molecule has 128 valence electrons. The molecule has 0 aromatic heterocycles. The zero-order chi connectivity index (χ0) is 17.2. The van der Waals surface area contributed by atoms with Gasteiger partial charge < -0.3 is 14.4 Å². The number of ether oxygens (including phenoxy) is 2. The van der Waals surface area contributed by atoms with E-state index in [9.17, 15) is 4.79 Å².